The quantitative estimate of drug-likeness (QED) is 0.659. The first-order valence-electron chi connectivity index (χ1n) is 5.52. The van der Waals surface area contributed by atoms with Crippen LogP contribution in [0.15, 0.2) is 29.2 Å². The van der Waals surface area contributed by atoms with E-state index in [0.717, 1.165) is 24.3 Å². The average Bonchev–Trinajstić information content (AvgIpc) is 2.79. The molecule has 1 fully saturated rings. The van der Waals surface area contributed by atoms with Gasteiger partial charge in [0.1, 0.15) is 11.8 Å². The van der Waals surface area contributed by atoms with Crippen LogP contribution in [-0.2, 0) is 9.53 Å². The molecule has 0 amide bonds. The second-order valence-electron chi connectivity index (χ2n) is 3.91. The van der Waals surface area contributed by atoms with Crippen LogP contribution in [0, 0.1) is 0 Å². The smallest absolute Gasteiger partial charge is 0.326 e. The van der Waals surface area contributed by atoms with Crippen molar-refractivity contribution in [1.82, 2.24) is 5.06 Å². The van der Waals surface area contributed by atoms with Gasteiger partial charge in [-0.25, -0.2) is 0 Å². The number of benzene rings is 1. The highest BCUT2D eigenvalue weighted by atomic mass is 32.1. The molecule has 17 heavy (non-hydrogen) atoms. The number of thiol groups is 1. The number of esters is 1. The van der Waals surface area contributed by atoms with E-state index in [0.29, 0.717) is 5.75 Å². The van der Waals surface area contributed by atoms with E-state index in [4.69, 9.17) is 9.57 Å². The van der Waals surface area contributed by atoms with Gasteiger partial charge in [-0.15, -0.1) is 17.7 Å². The van der Waals surface area contributed by atoms with Crippen LogP contribution < -0.4 is 4.84 Å². The van der Waals surface area contributed by atoms with E-state index >= 15 is 0 Å². The van der Waals surface area contributed by atoms with Gasteiger partial charge in [-0.1, -0.05) is 0 Å². The third kappa shape index (κ3) is 2.92. The van der Waals surface area contributed by atoms with Crippen LogP contribution in [0.4, 0.5) is 0 Å². The molecule has 0 spiro atoms. The van der Waals surface area contributed by atoms with Crippen molar-refractivity contribution in [1.29, 1.82) is 0 Å². The van der Waals surface area contributed by atoms with Crippen LogP contribution in [0.1, 0.15) is 12.8 Å². The third-order valence-corrected chi connectivity index (χ3v) is 3.03. The number of hydroxylamine groups is 2. The first-order chi connectivity index (χ1) is 8.20. The van der Waals surface area contributed by atoms with Crippen molar-refractivity contribution in [2.24, 2.45) is 0 Å². The van der Waals surface area contributed by atoms with Crippen LogP contribution in [0.3, 0.4) is 0 Å². The maximum absolute atomic E-state index is 11.5. The van der Waals surface area contributed by atoms with Crippen molar-refractivity contribution >= 4 is 18.6 Å². The summed E-state index contributed by atoms with van der Waals surface area (Å²) in [6.45, 7) is 0.738. The Labute approximate surface area is 106 Å². The summed E-state index contributed by atoms with van der Waals surface area (Å²) in [7, 11) is 1.40. The minimum absolute atomic E-state index is 0.242. The molecule has 0 N–H and O–H groups in total. The van der Waals surface area contributed by atoms with Gasteiger partial charge in [0.25, 0.3) is 0 Å². The van der Waals surface area contributed by atoms with Gasteiger partial charge in [0, 0.05) is 11.4 Å². The predicted molar refractivity (Wildman–Crippen MR) is 66.1 cm³/mol. The van der Waals surface area contributed by atoms with E-state index in [-0.39, 0.29) is 12.0 Å². The summed E-state index contributed by atoms with van der Waals surface area (Å²) < 4.78 is 4.75. The highest BCUT2D eigenvalue weighted by Crippen LogP contribution is 2.22. The molecule has 1 aliphatic rings. The minimum Gasteiger partial charge on any atom is -0.468 e. The van der Waals surface area contributed by atoms with Crippen molar-refractivity contribution in [3.63, 3.8) is 0 Å². The van der Waals surface area contributed by atoms with Gasteiger partial charge in [0.15, 0.2) is 0 Å². The molecule has 4 nitrogen and oxygen atoms in total. The number of ether oxygens (including phenoxy) is 1. The zero-order valence-electron chi connectivity index (χ0n) is 9.63. The molecule has 1 heterocycles. The molecule has 2 rings (SSSR count). The second kappa shape index (κ2) is 5.42. The van der Waals surface area contributed by atoms with Gasteiger partial charge in [0.05, 0.1) is 7.11 Å². The van der Waals surface area contributed by atoms with Crippen LogP contribution in [0.25, 0.3) is 0 Å². The molecule has 1 aromatic carbocycles. The SMILES string of the molecule is COC(=O)[C@@H]1CCCN1Oc1ccc(S)cc1. The normalized spacial score (nSPS) is 20.2. The van der Waals surface area contributed by atoms with E-state index in [1.54, 1.807) is 5.06 Å². The fourth-order valence-electron chi connectivity index (χ4n) is 1.86. The van der Waals surface area contributed by atoms with Gasteiger partial charge >= 0.3 is 5.97 Å². The number of hydrogen-bond donors (Lipinski definition) is 1. The van der Waals surface area contributed by atoms with Gasteiger partial charge in [0.2, 0.25) is 0 Å². The van der Waals surface area contributed by atoms with Gasteiger partial charge < -0.3 is 9.57 Å². The summed E-state index contributed by atoms with van der Waals surface area (Å²) >= 11 is 4.20. The summed E-state index contributed by atoms with van der Waals surface area (Å²) in [5.41, 5.74) is 0. The lowest BCUT2D eigenvalue weighted by Crippen LogP contribution is -2.39. The molecule has 92 valence electrons. The zero-order chi connectivity index (χ0) is 12.3. The van der Waals surface area contributed by atoms with Crippen molar-refractivity contribution in [3.8, 4) is 5.75 Å². The number of nitrogens with zero attached hydrogens (tertiary/aromatic N) is 1. The summed E-state index contributed by atoms with van der Waals surface area (Å²) in [4.78, 5) is 18.1. The van der Waals surface area contributed by atoms with Crippen LogP contribution in [0.5, 0.6) is 5.75 Å². The Hall–Kier alpha value is -1.20. The molecule has 0 bridgehead atoms. The molecule has 1 aromatic rings. The number of carbonyl (C=O) groups excluding carboxylic acids is 1. The minimum atomic E-state index is -0.296. The maximum Gasteiger partial charge on any atom is 0.326 e. The Morgan fingerprint density at radius 2 is 2.12 bits per heavy atom. The Balaban J connectivity index is 2.02. The van der Waals surface area contributed by atoms with Gasteiger partial charge in [-0.2, -0.15) is 0 Å². The molecule has 0 radical (unpaired) electrons. The fourth-order valence-corrected chi connectivity index (χ4v) is 2.01. The number of rotatable bonds is 3. The molecule has 1 aliphatic heterocycles. The van der Waals surface area contributed by atoms with Crippen LogP contribution >= 0.6 is 12.6 Å². The lowest BCUT2D eigenvalue weighted by atomic mass is 10.2. The van der Waals surface area contributed by atoms with E-state index < -0.39 is 0 Å². The van der Waals surface area contributed by atoms with Crippen LogP contribution in [-0.4, -0.2) is 30.7 Å². The van der Waals surface area contributed by atoms with Crippen molar-refractivity contribution in [2.45, 2.75) is 23.8 Å². The van der Waals surface area contributed by atoms with Gasteiger partial charge in [-0.05, 0) is 37.1 Å². The van der Waals surface area contributed by atoms with Crippen molar-refractivity contribution in [3.05, 3.63) is 24.3 Å². The van der Waals surface area contributed by atoms with Crippen molar-refractivity contribution in [2.75, 3.05) is 13.7 Å². The third-order valence-electron chi connectivity index (χ3n) is 2.74. The van der Waals surface area contributed by atoms with E-state index in [2.05, 4.69) is 12.6 Å². The molecular formula is C12H15NO3S. The van der Waals surface area contributed by atoms with Gasteiger partial charge in [-0.3, -0.25) is 4.79 Å². The first kappa shape index (κ1) is 12.3. The monoisotopic (exact) mass is 253 g/mol. The molecule has 1 atom stereocenters. The largest absolute Gasteiger partial charge is 0.468 e. The first-order valence-corrected chi connectivity index (χ1v) is 5.97. The Kier molecular flexibility index (Phi) is 3.91. The number of hydrogen-bond acceptors (Lipinski definition) is 5. The molecule has 0 aromatic heterocycles. The van der Waals surface area contributed by atoms with E-state index in [9.17, 15) is 4.79 Å². The molecule has 1 saturated heterocycles. The molecule has 0 unspecified atom stereocenters. The maximum atomic E-state index is 11.5. The Bertz CT molecular complexity index is 393. The Morgan fingerprint density at radius 3 is 2.76 bits per heavy atom. The molecule has 5 heteroatoms. The van der Waals surface area contributed by atoms with E-state index in [1.807, 2.05) is 24.3 Å². The molecule has 0 saturated carbocycles. The van der Waals surface area contributed by atoms with Crippen molar-refractivity contribution < 1.29 is 14.4 Å². The fraction of sp³-hybridized carbons (Fsp3) is 0.417. The predicted octanol–water partition coefficient (Wildman–Crippen LogP) is 1.91. The highest BCUT2D eigenvalue weighted by Gasteiger charge is 2.33. The number of carbonyl (C=O) groups is 1. The summed E-state index contributed by atoms with van der Waals surface area (Å²) in [6.07, 6.45) is 1.71. The van der Waals surface area contributed by atoms with E-state index in [1.165, 1.54) is 7.11 Å². The molecular weight excluding hydrogens is 238 g/mol. The number of methoxy groups -OCH3 is 1. The summed E-state index contributed by atoms with van der Waals surface area (Å²) in [6, 6.07) is 7.06. The lowest BCUT2D eigenvalue weighted by molar-refractivity contribution is -0.158. The zero-order valence-corrected chi connectivity index (χ0v) is 10.5. The average molecular weight is 253 g/mol. The Morgan fingerprint density at radius 1 is 1.41 bits per heavy atom. The topological polar surface area (TPSA) is 38.8 Å². The molecule has 0 aliphatic carbocycles. The standard InChI is InChI=1S/C12H15NO3S/c1-15-12(14)11-3-2-8-13(11)16-9-4-6-10(17)7-5-9/h4-7,11,17H,2-3,8H2,1H3/t11-/m0/s1. The lowest BCUT2D eigenvalue weighted by Gasteiger charge is -2.22. The summed E-state index contributed by atoms with van der Waals surface area (Å²) in [5, 5.41) is 1.68. The summed E-state index contributed by atoms with van der Waals surface area (Å²) in [5.74, 6) is 0.465. The second-order valence-corrected chi connectivity index (χ2v) is 4.42. The van der Waals surface area contributed by atoms with Crippen LogP contribution in [0.2, 0.25) is 0 Å². The highest BCUT2D eigenvalue weighted by molar-refractivity contribution is 7.80.